The van der Waals surface area contributed by atoms with Crippen LogP contribution in [0.25, 0.3) is 17.4 Å². The van der Waals surface area contributed by atoms with E-state index in [-0.39, 0.29) is 20.6 Å². The van der Waals surface area contributed by atoms with Crippen molar-refractivity contribution < 1.29 is 27.3 Å². The van der Waals surface area contributed by atoms with Gasteiger partial charge in [0.05, 0.1) is 21.1 Å². The maximum absolute atomic E-state index is 13.0. The SMILES string of the molecule is Cc1cc([N+](=O)[O-])ccc1-c1ccc(/C=C2/SC(=S)N(c3cccc(C(F)(F)F)c3)C2=O)o1. The normalized spacial score (nSPS) is 15.5. The Morgan fingerprint density at radius 3 is 2.58 bits per heavy atom. The summed E-state index contributed by atoms with van der Waals surface area (Å²) in [4.78, 5) is 24.5. The standard InChI is InChI=1S/C22H13F3N2O4S2/c1-12-9-15(27(29)30)5-7-17(12)18-8-6-16(31-18)11-19-20(28)26(21(32)33-19)14-4-2-3-13(10-14)22(23,24)25/h2-11H,1H3/b19-11+. The van der Waals surface area contributed by atoms with E-state index in [2.05, 4.69) is 0 Å². The highest BCUT2D eigenvalue weighted by molar-refractivity contribution is 8.27. The lowest BCUT2D eigenvalue weighted by molar-refractivity contribution is -0.384. The van der Waals surface area contributed by atoms with E-state index >= 15 is 0 Å². The molecule has 0 aliphatic carbocycles. The first-order valence-electron chi connectivity index (χ1n) is 9.35. The van der Waals surface area contributed by atoms with E-state index in [0.29, 0.717) is 22.6 Å². The van der Waals surface area contributed by atoms with Gasteiger partial charge in [0, 0.05) is 23.8 Å². The lowest BCUT2D eigenvalue weighted by atomic mass is 10.1. The Kier molecular flexibility index (Phi) is 5.85. The van der Waals surface area contributed by atoms with Crippen molar-refractivity contribution in [2.45, 2.75) is 13.1 Å². The highest BCUT2D eigenvalue weighted by atomic mass is 32.2. The highest BCUT2D eigenvalue weighted by Gasteiger charge is 2.36. The van der Waals surface area contributed by atoms with Crippen LogP contribution in [0.15, 0.2) is 63.9 Å². The Balaban J connectivity index is 1.61. The van der Waals surface area contributed by atoms with Crippen LogP contribution in [0, 0.1) is 17.0 Å². The van der Waals surface area contributed by atoms with Gasteiger partial charge in [0.2, 0.25) is 0 Å². The number of furan rings is 1. The molecule has 0 bridgehead atoms. The Hall–Kier alpha value is -3.44. The number of aryl methyl sites for hydroxylation is 1. The van der Waals surface area contributed by atoms with Gasteiger partial charge in [0.15, 0.2) is 4.32 Å². The fraction of sp³-hybridized carbons (Fsp3) is 0.0909. The van der Waals surface area contributed by atoms with Crippen LogP contribution < -0.4 is 4.90 Å². The third-order valence-electron chi connectivity index (χ3n) is 4.81. The number of hydrogen-bond acceptors (Lipinski definition) is 6. The molecule has 1 aliphatic heterocycles. The quantitative estimate of drug-likeness (QED) is 0.178. The van der Waals surface area contributed by atoms with Gasteiger partial charge in [-0.05, 0) is 48.9 Å². The number of benzene rings is 2. The van der Waals surface area contributed by atoms with Gasteiger partial charge in [-0.15, -0.1) is 0 Å². The molecule has 1 aliphatic rings. The molecule has 3 aromatic rings. The average molecular weight is 490 g/mol. The summed E-state index contributed by atoms with van der Waals surface area (Å²) in [6, 6.07) is 12.0. The molecule has 2 aromatic carbocycles. The van der Waals surface area contributed by atoms with E-state index in [1.807, 2.05) is 0 Å². The number of non-ortho nitro benzene ring substituents is 1. The van der Waals surface area contributed by atoms with E-state index in [1.54, 1.807) is 25.1 Å². The minimum atomic E-state index is -4.55. The van der Waals surface area contributed by atoms with E-state index in [4.69, 9.17) is 16.6 Å². The molecule has 1 fully saturated rings. The second kappa shape index (κ2) is 8.49. The van der Waals surface area contributed by atoms with Gasteiger partial charge < -0.3 is 4.42 Å². The lowest BCUT2D eigenvalue weighted by Gasteiger charge is -2.16. The van der Waals surface area contributed by atoms with Gasteiger partial charge in [-0.3, -0.25) is 19.8 Å². The van der Waals surface area contributed by atoms with Crippen LogP contribution in [0.4, 0.5) is 24.5 Å². The maximum Gasteiger partial charge on any atom is 0.416 e. The average Bonchev–Trinajstić information content (AvgIpc) is 3.31. The molecule has 1 saturated heterocycles. The van der Waals surface area contributed by atoms with Crippen molar-refractivity contribution >= 4 is 51.7 Å². The Morgan fingerprint density at radius 2 is 1.91 bits per heavy atom. The van der Waals surface area contributed by atoms with Crippen molar-refractivity contribution in [3.05, 3.63) is 86.5 Å². The van der Waals surface area contributed by atoms with E-state index in [9.17, 15) is 28.1 Å². The zero-order chi connectivity index (χ0) is 23.9. The number of halogens is 3. The molecule has 0 radical (unpaired) electrons. The van der Waals surface area contributed by atoms with Gasteiger partial charge in [-0.2, -0.15) is 13.2 Å². The Morgan fingerprint density at radius 1 is 1.15 bits per heavy atom. The molecule has 168 valence electrons. The molecule has 1 amide bonds. The number of hydrogen-bond donors (Lipinski definition) is 0. The van der Waals surface area contributed by atoms with Crippen molar-refractivity contribution in [2.75, 3.05) is 4.90 Å². The fourth-order valence-corrected chi connectivity index (χ4v) is 4.53. The largest absolute Gasteiger partial charge is 0.457 e. The molecule has 0 saturated carbocycles. The molecule has 6 nitrogen and oxygen atoms in total. The number of carbonyl (C=O) groups is 1. The minimum absolute atomic E-state index is 0.0253. The third kappa shape index (κ3) is 4.55. The number of carbonyl (C=O) groups excluding carboxylic acids is 1. The number of nitro benzene ring substituents is 1. The summed E-state index contributed by atoms with van der Waals surface area (Å²) in [7, 11) is 0. The second-order valence-electron chi connectivity index (χ2n) is 7.02. The van der Waals surface area contributed by atoms with Crippen LogP contribution in [-0.4, -0.2) is 15.2 Å². The van der Waals surface area contributed by atoms with Gasteiger partial charge in [-0.1, -0.05) is 30.0 Å². The molecule has 33 heavy (non-hydrogen) atoms. The molecule has 4 rings (SSSR count). The van der Waals surface area contributed by atoms with E-state index < -0.39 is 22.6 Å². The zero-order valence-corrected chi connectivity index (χ0v) is 18.4. The smallest absolute Gasteiger partial charge is 0.416 e. The van der Waals surface area contributed by atoms with Crippen molar-refractivity contribution in [1.29, 1.82) is 0 Å². The number of rotatable bonds is 4. The molecule has 11 heteroatoms. The molecule has 0 atom stereocenters. The van der Waals surface area contributed by atoms with Gasteiger partial charge in [0.25, 0.3) is 11.6 Å². The molecule has 0 N–H and O–H groups in total. The molecule has 0 unspecified atom stereocenters. The molecule has 1 aromatic heterocycles. The van der Waals surface area contributed by atoms with Crippen molar-refractivity contribution in [2.24, 2.45) is 0 Å². The number of nitrogens with zero attached hydrogens (tertiary/aromatic N) is 2. The first-order chi connectivity index (χ1) is 15.5. The highest BCUT2D eigenvalue weighted by Crippen LogP contribution is 2.39. The predicted molar refractivity (Wildman–Crippen MR) is 123 cm³/mol. The third-order valence-corrected chi connectivity index (χ3v) is 6.11. The monoisotopic (exact) mass is 490 g/mol. The van der Waals surface area contributed by atoms with Crippen molar-refractivity contribution in [3.8, 4) is 11.3 Å². The number of nitro groups is 1. The maximum atomic E-state index is 13.0. The van der Waals surface area contributed by atoms with Crippen LogP contribution >= 0.6 is 24.0 Å². The number of amides is 1. The summed E-state index contributed by atoms with van der Waals surface area (Å²) < 4.78 is 45.0. The topological polar surface area (TPSA) is 76.6 Å². The molecular weight excluding hydrogens is 477 g/mol. The summed E-state index contributed by atoms with van der Waals surface area (Å²) >= 11 is 6.17. The van der Waals surface area contributed by atoms with Crippen LogP contribution in [0.3, 0.4) is 0 Å². The number of anilines is 1. The first kappa shape index (κ1) is 22.7. The number of thioether (sulfide) groups is 1. The fourth-order valence-electron chi connectivity index (χ4n) is 3.25. The van der Waals surface area contributed by atoms with Crippen LogP contribution in [-0.2, 0) is 11.0 Å². The zero-order valence-electron chi connectivity index (χ0n) is 16.8. The predicted octanol–water partition coefficient (Wildman–Crippen LogP) is 6.59. The van der Waals surface area contributed by atoms with Crippen molar-refractivity contribution in [3.63, 3.8) is 0 Å². The first-order valence-corrected chi connectivity index (χ1v) is 10.6. The van der Waals surface area contributed by atoms with Crippen LogP contribution in [0.2, 0.25) is 0 Å². The van der Waals surface area contributed by atoms with Gasteiger partial charge >= 0.3 is 6.18 Å². The summed E-state index contributed by atoms with van der Waals surface area (Å²) in [6.45, 7) is 1.71. The van der Waals surface area contributed by atoms with Crippen LogP contribution in [0.1, 0.15) is 16.9 Å². The Bertz CT molecular complexity index is 1330. The van der Waals surface area contributed by atoms with E-state index in [0.717, 1.165) is 28.8 Å². The van der Waals surface area contributed by atoms with Crippen LogP contribution in [0.5, 0.6) is 0 Å². The Labute approximate surface area is 194 Å². The summed E-state index contributed by atoms with van der Waals surface area (Å²) in [6.07, 6.45) is -3.09. The van der Waals surface area contributed by atoms with E-state index in [1.165, 1.54) is 30.3 Å². The minimum Gasteiger partial charge on any atom is -0.457 e. The lowest BCUT2D eigenvalue weighted by Crippen LogP contribution is -2.27. The number of thiocarbonyl (C=S) groups is 1. The molecule has 2 heterocycles. The molecular formula is C22H13F3N2O4S2. The second-order valence-corrected chi connectivity index (χ2v) is 8.70. The van der Waals surface area contributed by atoms with Gasteiger partial charge in [-0.25, -0.2) is 0 Å². The summed E-state index contributed by atoms with van der Waals surface area (Å²) in [5.74, 6) is 0.211. The summed E-state index contributed by atoms with van der Waals surface area (Å²) in [5, 5.41) is 10.9. The number of alkyl halides is 3. The summed E-state index contributed by atoms with van der Waals surface area (Å²) in [5.41, 5.74) is 0.392. The van der Waals surface area contributed by atoms with Gasteiger partial charge in [0.1, 0.15) is 11.5 Å². The van der Waals surface area contributed by atoms with Crippen molar-refractivity contribution in [1.82, 2.24) is 0 Å². The molecule has 0 spiro atoms.